The summed E-state index contributed by atoms with van der Waals surface area (Å²) in [6.07, 6.45) is -0.837. The zero-order valence-electron chi connectivity index (χ0n) is 17.0. The molecule has 1 aliphatic rings. The topological polar surface area (TPSA) is 76.2 Å². The van der Waals surface area contributed by atoms with Gasteiger partial charge in [0.15, 0.2) is 6.29 Å². The Morgan fingerprint density at radius 3 is 2.27 bits per heavy atom. The fraction of sp³-hybridized carbons (Fsp3) is 0.318. The highest BCUT2D eigenvalue weighted by Gasteiger charge is 2.45. The van der Waals surface area contributed by atoms with E-state index in [0.717, 1.165) is 14.9 Å². The van der Waals surface area contributed by atoms with Crippen molar-refractivity contribution >= 4 is 39.3 Å². The van der Waals surface area contributed by atoms with Crippen molar-refractivity contribution in [1.82, 2.24) is 4.90 Å². The number of hydrogen-bond donors (Lipinski definition) is 0. The number of imide groups is 1. The molecule has 1 saturated heterocycles. The van der Waals surface area contributed by atoms with Crippen LogP contribution in [-0.4, -0.2) is 55.7 Å². The summed E-state index contributed by atoms with van der Waals surface area (Å²) in [5, 5.41) is 0. The molecule has 1 atom stereocenters. The number of rotatable bonds is 7. The Balaban J connectivity index is 1.93. The molecule has 0 aromatic heterocycles. The molecule has 1 fully saturated rings. The maximum atomic E-state index is 13.3. The van der Waals surface area contributed by atoms with Crippen LogP contribution in [0.3, 0.4) is 0 Å². The third-order valence-electron chi connectivity index (χ3n) is 5.01. The van der Waals surface area contributed by atoms with E-state index in [2.05, 4.69) is 15.9 Å². The summed E-state index contributed by atoms with van der Waals surface area (Å²) < 4.78 is 11.3. The minimum atomic E-state index is -0.942. The highest BCUT2D eigenvalue weighted by Crippen LogP contribution is 2.28. The van der Waals surface area contributed by atoms with Crippen LogP contribution in [0.2, 0.25) is 0 Å². The van der Waals surface area contributed by atoms with Gasteiger partial charge in [-0.2, -0.15) is 0 Å². The van der Waals surface area contributed by atoms with E-state index in [9.17, 15) is 14.4 Å². The summed E-state index contributed by atoms with van der Waals surface area (Å²) in [7, 11) is 2.91. The molecular weight excluding hydrogens is 452 g/mol. The Labute approximate surface area is 183 Å². The van der Waals surface area contributed by atoms with Crippen LogP contribution in [-0.2, 0) is 19.1 Å². The van der Waals surface area contributed by atoms with Crippen LogP contribution in [0.4, 0.5) is 5.69 Å². The quantitative estimate of drug-likeness (QED) is 0.455. The van der Waals surface area contributed by atoms with Gasteiger partial charge in [0.1, 0.15) is 6.04 Å². The van der Waals surface area contributed by atoms with Crippen LogP contribution in [0.5, 0.6) is 0 Å². The van der Waals surface area contributed by atoms with Gasteiger partial charge >= 0.3 is 0 Å². The molecule has 0 bridgehead atoms. The number of amides is 3. The first kappa shape index (κ1) is 22.1. The van der Waals surface area contributed by atoms with Crippen molar-refractivity contribution in [1.29, 1.82) is 0 Å². The Kier molecular flexibility index (Phi) is 7.02. The minimum absolute atomic E-state index is 0.0115. The fourth-order valence-corrected chi connectivity index (χ4v) is 3.60. The number of hydrogen-bond acceptors (Lipinski definition) is 5. The molecule has 1 unspecified atom stereocenters. The first-order valence-electron chi connectivity index (χ1n) is 9.41. The summed E-state index contributed by atoms with van der Waals surface area (Å²) in [5.74, 6) is -1.17. The second-order valence-corrected chi connectivity index (χ2v) is 7.90. The summed E-state index contributed by atoms with van der Waals surface area (Å²) in [6.45, 7) is 1.94. The molecule has 0 saturated carbocycles. The van der Waals surface area contributed by atoms with E-state index in [1.807, 2.05) is 19.1 Å². The lowest BCUT2D eigenvalue weighted by Crippen LogP contribution is -2.49. The monoisotopic (exact) mass is 474 g/mol. The standard InChI is InChI=1S/C22H23BrN2O5/c1-14-4-6-15(7-5-14)21(27)24(13-20(29-2)30-3)18-12-19(26)25(22(18)28)17-10-8-16(23)9-11-17/h4-11,18,20H,12-13H2,1-3H3. The fourth-order valence-electron chi connectivity index (χ4n) is 3.34. The van der Waals surface area contributed by atoms with E-state index in [0.29, 0.717) is 11.3 Å². The lowest BCUT2D eigenvalue weighted by molar-refractivity contribution is -0.128. The van der Waals surface area contributed by atoms with Gasteiger partial charge in [0.2, 0.25) is 5.91 Å². The van der Waals surface area contributed by atoms with E-state index in [1.165, 1.54) is 19.1 Å². The number of halogens is 1. The third-order valence-corrected chi connectivity index (χ3v) is 5.54. The van der Waals surface area contributed by atoms with E-state index >= 15 is 0 Å². The Morgan fingerprint density at radius 1 is 1.10 bits per heavy atom. The van der Waals surface area contributed by atoms with Crippen molar-refractivity contribution in [2.45, 2.75) is 25.7 Å². The number of ether oxygens (including phenoxy) is 2. The predicted molar refractivity (Wildman–Crippen MR) is 115 cm³/mol. The van der Waals surface area contributed by atoms with Gasteiger partial charge in [-0.1, -0.05) is 33.6 Å². The lowest BCUT2D eigenvalue weighted by Gasteiger charge is -2.30. The summed E-state index contributed by atoms with van der Waals surface area (Å²) in [6, 6.07) is 13.0. The Hall–Kier alpha value is -2.55. The SMILES string of the molecule is COC(CN(C(=O)c1ccc(C)cc1)C1CC(=O)N(c2ccc(Br)cc2)C1=O)OC. The zero-order chi connectivity index (χ0) is 21.8. The molecule has 0 spiro atoms. The van der Waals surface area contributed by atoms with Crippen molar-refractivity contribution in [3.63, 3.8) is 0 Å². The van der Waals surface area contributed by atoms with E-state index in [-0.39, 0.29) is 24.8 Å². The van der Waals surface area contributed by atoms with E-state index in [1.54, 1.807) is 36.4 Å². The highest BCUT2D eigenvalue weighted by molar-refractivity contribution is 9.10. The molecule has 0 aliphatic carbocycles. The molecule has 1 aliphatic heterocycles. The number of carbonyl (C=O) groups is 3. The number of aryl methyl sites for hydroxylation is 1. The van der Waals surface area contributed by atoms with Crippen LogP contribution >= 0.6 is 15.9 Å². The van der Waals surface area contributed by atoms with Crippen molar-refractivity contribution in [2.24, 2.45) is 0 Å². The number of carbonyl (C=O) groups excluding carboxylic acids is 3. The first-order chi connectivity index (χ1) is 14.3. The second-order valence-electron chi connectivity index (χ2n) is 6.99. The summed E-state index contributed by atoms with van der Waals surface area (Å²) in [4.78, 5) is 41.7. The van der Waals surface area contributed by atoms with Gasteiger partial charge in [0, 0.05) is 24.3 Å². The smallest absolute Gasteiger partial charge is 0.257 e. The van der Waals surface area contributed by atoms with E-state index in [4.69, 9.17) is 9.47 Å². The third kappa shape index (κ3) is 4.61. The molecule has 8 heteroatoms. The number of methoxy groups -OCH3 is 2. The van der Waals surface area contributed by atoms with Gasteiger partial charge in [-0.3, -0.25) is 14.4 Å². The summed E-state index contributed by atoms with van der Waals surface area (Å²) in [5.41, 5.74) is 1.90. The van der Waals surface area contributed by atoms with Crippen LogP contribution in [0.25, 0.3) is 0 Å². The Morgan fingerprint density at radius 2 is 1.70 bits per heavy atom. The average molecular weight is 475 g/mol. The predicted octanol–water partition coefficient (Wildman–Crippen LogP) is 3.15. The molecule has 2 aromatic rings. The van der Waals surface area contributed by atoms with Crippen molar-refractivity contribution in [3.05, 3.63) is 64.1 Å². The van der Waals surface area contributed by atoms with Gasteiger partial charge in [-0.15, -0.1) is 0 Å². The normalized spacial score (nSPS) is 16.4. The first-order valence-corrected chi connectivity index (χ1v) is 10.2. The molecule has 0 radical (unpaired) electrons. The molecular formula is C22H23BrN2O5. The maximum absolute atomic E-state index is 13.3. The van der Waals surface area contributed by atoms with Crippen LogP contribution in [0.1, 0.15) is 22.3 Å². The minimum Gasteiger partial charge on any atom is -0.354 e. The number of benzene rings is 2. The van der Waals surface area contributed by atoms with Crippen molar-refractivity contribution < 1.29 is 23.9 Å². The molecule has 2 aromatic carbocycles. The molecule has 30 heavy (non-hydrogen) atoms. The molecule has 7 nitrogen and oxygen atoms in total. The van der Waals surface area contributed by atoms with Crippen LogP contribution < -0.4 is 4.90 Å². The molecule has 158 valence electrons. The van der Waals surface area contributed by atoms with Gasteiger partial charge < -0.3 is 14.4 Å². The number of nitrogens with zero attached hydrogens (tertiary/aromatic N) is 2. The van der Waals surface area contributed by atoms with Crippen molar-refractivity contribution in [3.8, 4) is 0 Å². The van der Waals surface area contributed by atoms with Gasteiger partial charge in [0.25, 0.3) is 11.8 Å². The molecule has 3 amide bonds. The van der Waals surface area contributed by atoms with Crippen LogP contribution in [0.15, 0.2) is 53.0 Å². The molecule has 1 heterocycles. The average Bonchev–Trinajstić information content (AvgIpc) is 3.03. The zero-order valence-corrected chi connectivity index (χ0v) is 18.6. The van der Waals surface area contributed by atoms with Crippen LogP contribution in [0, 0.1) is 6.92 Å². The molecule has 3 rings (SSSR count). The number of anilines is 1. The second kappa shape index (κ2) is 9.51. The lowest BCUT2D eigenvalue weighted by atomic mass is 10.1. The van der Waals surface area contributed by atoms with Gasteiger partial charge in [0.05, 0.1) is 18.7 Å². The molecule has 0 N–H and O–H groups in total. The largest absolute Gasteiger partial charge is 0.354 e. The van der Waals surface area contributed by atoms with Gasteiger partial charge in [-0.05, 0) is 43.3 Å². The highest BCUT2D eigenvalue weighted by atomic mass is 79.9. The van der Waals surface area contributed by atoms with E-state index < -0.39 is 18.2 Å². The van der Waals surface area contributed by atoms with Crippen molar-refractivity contribution in [2.75, 3.05) is 25.7 Å². The van der Waals surface area contributed by atoms with Gasteiger partial charge in [-0.25, -0.2) is 4.90 Å². The maximum Gasteiger partial charge on any atom is 0.257 e. The summed E-state index contributed by atoms with van der Waals surface area (Å²) >= 11 is 3.34. The Bertz CT molecular complexity index is 926.